The number of fused-ring (bicyclic) bond motifs is 1. The largest absolute Gasteiger partial charge is 0.478 e. The maximum Gasteiger partial charge on any atom is 0.420 e. The highest BCUT2D eigenvalue weighted by molar-refractivity contribution is 5.91. The van der Waals surface area contributed by atoms with Crippen molar-refractivity contribution in [2.24, 2.45) is 0 Å². The van der Waals surface area contributed by atoms with Gasteiger partial charge in [-0.25, -0.2) is 9.59 Å². The van der Waals surface area contributed by atoms with E-state index in [1.54, 1.807) is 13.0 Å². The highest BCUT2D eigenvalue weighted by Gasteiger charge is 2.11. The summed E-state index contributed by atoms with van der Waals surface area (Å²) >= 11 is 0. The number of rotatable bonds is 3. The third kappa shape index (κ3) is 1.99. The van der Waals surface area contributed by atoms with Crippen molar-refractivity contribution in [3.63, 3.8) is 0 Å². The lowest BCUT2D eigenvalue weighted by Gasteiger charge is -2.00. The number of carboxylic acids is 1. The second-order valence-electron chi connectivity index (χ2n) is 3.90. The van der Waals surface area contributed by atoms with Gasteiger partial charge in [-0.05, 0) is 25.1 Å². The van der Waals surface area contributed by atoms with E-state index in [4.69, 9.17) is 9.52 Å². The summed E-state index contributed by atoms with van der Waals surface area (Å²) in [5.74, 6) is -1.56. The van der Waals surface area contributed by atoms with Gasteiger partial charge in [0, 0.05) is 6.54 Å². The van der Waals surface area contributed by atoms with Crippen LogP contribution < -0.4 is 5.76 Å². The quantitative estimate of drug-likeness (QED) is 0.821. The lowest BCUT2D eigenvalue weighted by Crippen LogP contribution is -2.14. The van der Waals surface area contributed by atoms with Gasteiger partial charge in [0.2, 0.25) is 0 Å². The van der Waals surface area contributed by atoms with Crippen molar-refractivity contribution in [1.29, 1.82) is 0 Å². The molecule has 88 valence electrons. The fourth-order valence-electron chi connectivity index (χ4n) is 1.62. The monoisotopic (exact) mass is 233 g/mol. The molecule has 1 heterocycles. The van der Waals surface area contributed by atoms with Gasteiger partial charge in [-0.15, -0.1) is 0 Å². The van der Waals surface area contributed by atoms with Gasteiger partial charge in [-0.1, -0.05) is 12.2 Å². The zero-order chi connectivity index (χ0) is 12.6. The first kappa shape index (κ1) is 11.2. The Balaban J connectivity index is 2.64. The molecule has 0 aliphatic carbocycles. The third-order valence-corrected chi connectivity index (χ3v) is 2.34. The molecule has 1 aromatic carbocycles. The van der Waals surface area contributed by atoms with E-state index >= 15 is 0 Å². The van der Waals surface area contributed by atoms with Crippen LogP contribution in [0.25, 0.3) is 11.1 Å². The number of nitrogens with zero attached hydrogens (tertiary/aromatic N) is 1. The molecular formula is C12H11NO4. The van der Waals surface area contributed by atoms with Crippen molar-refractivity contribution in [2.45, 2.75) is 13.5 Å². The molecule has 0 aliphatic heterocycles. The molecular weight excluding hydrogens is 222 g/mol. The van der Waals surface area contributed by atoms with Gasteiger partial charge in [0.25, 0.3) is 0 Å². The van der Waals surface area contributed by atoms with Crippen LogP contribution in [0, 0.1) is 0 Å². The van der Waals surface area contributed by atoms with Crippen LogP contribution in [0.4, 0.5) is 0 Å². The summed E-state index contributed by atoms with van der Waals surface area (Å²) in [5.41, 5.74) is 1.75. The third-order valence-electron chi connectivity index (χ3n) is 2.34. The molecule has 0 saturated carbocycles. The zero-order valence-electron chi connectivity index (χ0n) is 9.27. The number of oxazole rings is 1. The molecule has 5 nitrogen and oxygen atoms in total. The predicted octanol–water partition coefficient (Wildman–Crippen LogP) is 1.87. The van der Waals surface area contributed by atoms with Crippen molar-refractivity contribution in [1.82, 2.24) is 4.57 Å². The molecule has 2 aromatic rings. The lowest BCUT2D eigenvalue weighted by molar-refractivity contribution is 0.0697. The van der Waals surface area contributed by atoms with Crippen LogP contribution in [-0.4, -0.2) is 15.6 Å². The van der Waals surface area contributed by atoms with Crippen LogP contribution in [0.1, 0.15) is 17.3 Å². The molecule has 0 amide bonds. The van der Waals surface area contributed by atoms with Gasteiger partial charge in [0.1, 0.15) is 0 Å². The van der Waals surface area contributed by atoms with Crippen molar-refractivity contribution >= 4 is 17.1 Å². The second-order valence-corrected chi connectivity index (χ2v) is 3.90. The van der Waals surface area contributed by atoms with E-state index in [2.05, 4.69) is 6.58 Å². The Morgan fingerprint density at radius 1 is 1.53 bits per heavy atom. The molecule has 0 aliphatic rings. The number of allylic oxidation sites excluding steroid dienone is 1. The highest BCUT2D eigenvalue weighted by Crippen LogP contribution is 2.16. The Labute approximate surface area is 96.6 Å². The summed E-state index contributed by atoms with van der Waals surface area (Å²) in [6, 6.07) is 4.34. The predicted molar refractivity (Wildman–Crippen MR) is 62.2 cm³/mol. The van der Waals surface area contributed by atoms with Crippen LogP contribution >= 0.6 is 0 Å². The van der Waals surface area contributed by atoms with Crippen molar-refractivity contribution in [3.8, 4) is 0 Å². The number of aromatic nitrogens is 1. The van der Waals surface area contributed by atoms with Gasteiger partial charge in [0.15, 0.2) is 5.58 Å². The molecule has 17 heavy (non-hydrogen) atoms. The molecule has 0 bridgehead atoms. The Morgan fingerprint density at radius 3 is 2.82 bits per heavy atom. The van der Waals surface area contributed by atoms with E-state index < -0.39 is 11.7 Å². The summed E-state index contributed by atoms with van der Waals surface area (Å²) in [6.07, 6.45) is 0. The fraction of sp³-hybridized carbons (Fsp3) is 0.167. The van der Waals surface area contributed by atoms with E-state index in [0.29, 0.717) is 12.1 Å². The molecule has 0 fully saturated rings. The Hall–Kier alpha value is -2.30. The van der Waals surface area contributed by atoms with Gasteiger partial charge >= 0.3 is 11.7 Å². The standard InChI is InChI=1S/C12H11NO4/c1-7(2)6-13-9-4-3-8(11(14)15)5-10(9)17-12(13)16/h3-5H,1,6H2,2H3,(H,14,15). The fourth-order valence-corrected chi connectivity index (χ4v) is 1.62. The highest BCUT2D eigenvalue weighted by atomic mass is 16.4. The van der Waals surface area contributed by atoms with Gasteiger partial charge in [-0.3, -0.25) is 4.57 Å². The van der Waals surface area contributed by atoms with Crippen molar-refractivity contribution in [2.75, 3.05) is 0 Å². The Kier molecular flexibility index (Phi) is 2.59. The number of carbonyl (C=O) groups is 1. The summed E-state index contributed by atoms with van der Waals surface area (Å²) < 4.78 is 6.41. The van der Waals surface area contributed by atoms with Gasteiger partial charge < -0.3 is 9.52 Å². The number of carboxylic acid groups (broad SMARTS) is 1. The minimum atomic E-state index is -1.05. The van der Waals surface area contributed by atoms with Crippen LogP contribution in [0.15, 0.2) is 39.6 Å². The first-order valence-corrected chi connectivity index (χ1v) is 5.00. The minimum absolute atomic E-state index is 0.0914. The molecule has 5 heteroatoms. The van der Waals surface area contributed by atoms with Crippen molar-refractivity contribution < 1.29 is 14.3 Å². The molecule has 1 aromatic heterocycles. The Bertz CT molecular complexity index is 663. The Morgan fingerprint density at radius 2 is 2.24 bits per heavy atom. The second kappa shape index (κ2) is 3.93. The van der Waals surface area contributed by atoms with Crippen LogP contribution in [0.5, 0.6) is 0 Å². The average molecular weight is 233 g/mol. The molecule has 2 rings (SSSR count). The summed E-state index contributed by atoms with van der Waals surface area (Å²) in [4.78, 5) is 22.3. The summed E-state index contributed by atoms with van der Waals surface area (Å²) in [6.45, 7) is 5.89. The van der Waals surface area contributed by atoms with Crippen LogP contribution in [-0.2, 0) is 6.54 Å². The normalized spacial score (nSPS) is 10.6. The maximum absolute atomic E-state index is 11.6. The maximum atomic E-state index is 11.6. The van der Waals surface area contributed by atoms with Gasteiger partial charge in [0.05, 0.1) is 11.1 Å². The molecule has 0 saturated heterocycles. The number of aromatic carboxylic acids is 1. The average Bonchev–Trinajstić information content (AvgIpc) is 2.54. The molecule has 0 unspecified atom stereocenters. The molecule has 0 atom stereocenters. The van der Waals surface area contributed by atoms with Crippen molar-refractivity contribution in [3.05, 3.63) is 46.5 Å². The molecule has 1 N–H and O–H groups in total. The summed E-state index contributed by atoms with van der Waals surface area (Å²) in [5, 5.41) is 8.83. The topological polar surface area (TPSA) is 72.4 Å². The molecule has 0 spiro atoms. The summed E-state index contributed by atoms with van der Waals surface area (Å²) in [7, 11) is 0. The number of benzene rings is 1. The van der Waals surface area contributed by atoms with E-state index in [1.807, 2.05) is 0 Å². The minimum Gasteiger partial charge on any atom is -0.478 e. The SMILES string of the molecule is C=C(C)Cn1c(=O)oc2cc(C(=O)O)ccc21. The first-order valence-electron chi connectivity index (χ1n) is 5.00. The lowest BCUT2D eigenvalue weighted by atomic mass is 10.2. The van der Waals surface area contributed by atoms with Gasteiger partial charge in [-0.2, -0.15) is 0 Å². The van der Waals surface area contributed by atoms with E-state index in [0.717, 1.165) is 5.57 Å². The number of hydrogen-bond donors (Lipinski definition) is 1. The van der Waals surface area contributed by atoms with Crippen LogP contribution in [0.3, 0.4) is 0 Å². The first-order chi connectivity index (χ1) is 7.99. The van der Waals surface area contributed by atoms with Crippen LogP contribution in [0.2, 0.25) is 0 Å². The van der Waals surface area contributed by atoms with E-state index in [-0.39, 0.29) is 11.1 Å². The van der Waals surface area contributed by atoms with E-state index in [9.17, 15) is 9.59 Å². The smallest absolute Gasteiger partial charge is 0.420 e. The molecule has 0 radical (unpaired) electrons. The van der Waals surface area contributed by atoms with E-state index in [1.165, 1.54) is 16.7 Å². The number of hydrogen-bond acceptors (Lipinski definition) is 3. The zero-order valence-corrected chi connectivity index (χ0v) is 9.27.